The topological polar surface area (TPSA) is 105 Å². The number of hydrogen-bond acceptors (Lipinski definition) is 5. The molecule has 5 N–H and O–H groups in total. The lowest BCUT2D eigenvalue weighted by molar-refractivity contribution is -0.128. The number of carbonyl (C=O) groups is 2. The minimum atomic E-state index is -2.73. The smallest absolute Gasteiger partial charge is 0.261 e. The van der Waals surface area contributed by atoms with Gasteiger partial charge in [0.2, 0.25) is 11.8 Å². The number of carbonyl (C=O) groups excluding carboxylic acids is 2. The van der Waals surface area contributed by atoms with Crippen LogP contribution in [0.4, 0.5) is 5.69 Å². The second-order valence-corrected chi connectivity index (χ2v) is 22.0. The number of unbranched alkanes of at least 4 members (excludes halogenated alkanes) is 1. The minimum absolute atomic E-state index is 0.0765. The fraction of sp³-hybridized carbons (Fsp3) is 0.296. The summed E-state index contributed by atoms with van der Waals surface area (Å²) in [5.74, 6) is -0.686. The quantitative estimate of drug-likeness (QED) is 0.0370. The first kappa shape index (κ1) is 45.9. The van der Waals surface area contributed by atoms with Gasteiger partial charge in [-0.1, -0.05) is 198 Å². The number of nitrogens with one attached hydrogen (secondary N) is 3. The highest BCUT2D eigenvalue weighted by Crippen LogP contribution is 2.38. The van der Waals surface area contributed by atoms with Gasteiger partial charge in [0.05, 0.1) is 18.2 Å². The Morgan fingerprint density at radius 2 is 1.11 bits per heavy atom. The van der Waals surface area contributed by atoms with Gasteiger partial charge in [-0.2, -0.15) is 0 Å². The molecule has 0 heterocycles. The van der Waals surface area contributed by atoms with E-state index in [0.29, 0.717) is 31.7 Å². The Morgan fingerprint density at radius 1 is 0.629 bits per heavy atom. The zero-order chi connectivity index (χ0) is 44.2. The van der Waals surface area contributed by atoms with Crippen molar-refractivity contribution >= 4 is 36.2 Å². The van der Waals surface area contributed by atoms with Crippen molar-refractivity contribution in [3.05, 3.63) is 198 Å². The Hall–Kier alpha value is -5.64. The highest BCUT2D eigenvalue weighted by Gasteiger charge is 2.50. The maximum Gasteiger partial charge on any atom is 0.261 e. The average Bonchev–Trinajstić information content (AvgIpc) is 3.29. The molecule has 0 saturated heterocycles. The van der Waals surface area contributed by atoms with Crippen molar-refractivity contribution in [1.82, 2.24) is 10.6 Å². The lowest BCUT2D eigenvalue weighted by Crippen LogP contribution is -2.66. The first-order chi connectivity index (χ1) is 29.8. The van der Waals surface area contributed by atoms with Gasteiger partial charge in [-0.25, -0.2) is 0 Å². The van der Waals surface area contributed by atoms with Crippen LogP contribution in [-0.4, -0.2) is 38.8 Å². The first-order valence-corrected chi connectivity index (χ1v) is 23.9. The molecule has 0 unspecified atom stereocenters. The Morgan fingerprint density at radius 3 is 1.60 bits per heavy atom. The molecule has 0 aliphatic carbocycles. The molecule has 6 aromatic rings. The highest BCUT2D eigenvalue weighted by molar-refractivity contribution is 6.99. The van der Waals surface area contributed by atoms with E-state index in [1.807, 2.05) is 62.4 Å². The number of benzene rings is 6. The summed E-state index contributed by atoms with van der Waals surface area (Å²) in [4.78, 5) is 27.3. The van der Waals surface area contributed by atoms with Gasteiger partial charge in [-0.3, -0.25) is 14.9 Å². The zero-order valence-corrected chi connectivity index (χ0v) is 38.2. The molecule has 0 radical (unpaired) electrons. The summed E-state index contributed by atoms with van der Waals surface area (Å²) in [5.41, 5.74) is 12.0. The van der Waals surface area contributed by atoms with Crippen LogP contribution in [-0.2, 0) is 26.2 Å². The maximum absolute atomic E-state index is 14.0. The summed E-state index contributed by atoms with van der Waals surface area (Å²) in [6.45, 7) is 13.8. The van der Waals surface area contributed by atoms with Crippen molar-refractivity contribution < 1.29 is 14.0 Å². The van der Waals surface area contributed by atoms with E-state index in [-0.39, 0.29) is 22.8 Å². The molecule has 7 nitrogen and oxygen atoms in total. The maximum atomic E-state index is 14.0. The number of rotatable bonds is 19. The van der Waals surface area contributed by atoms with Gasteiger partial charge in [-0.15, -0.1) is 0 Å². The van der Waals surface area contributed by atoms with Crippen LogP contribution in [0.2, 0.25) is 5.04 Å². The lowest BCUT2D eigenvalue weighted by atomic mass is 9.76. The van der Waals surface area contributed by atoms with Crippen molar-refractivity contribution in [3.8, 4) is 0 Å². The van der Waals surface area contributed by atoms with E-state index >= 15 is 0 Å². The molecular weight excluding hydrogens is 781 g/mol. The highest BCUT2D eigenvalue weighted by atomic mass is 28.4. The summed E-state index contributed by atoms with van der Waals surface area (Å²) in [6.07, 6.45) is 1.90. The number of nitrogens with two attached hydrogens (primary N) is 1. The standard InChI is InChI=1S/C54H64N4O3Si/c1-40(2)50(55)52(60)58-49(29-19-20-38-56-54(43-21-11-7-12-22-43,44-23-13-8-14-24-44)45-34-30-41(3)31-35-45)51(59)57-46-36-32-42(33-37-46)39-61-62(53(4,5)6,47-25-15-9-16-26-47)48-27-17-10-18-28-48/h7-18,21-28,30-37,40,49-50,56H,19-20,29,38-39,55H2,1-6H3,(H,57,59)(H,58,60)/t49-,50-/m0/s1. The lowest BCUT2D eigenvalue weighted by Gasteiger charge is -2.43. The van der Waals surface area contributed by atoms with Crippen molar-refractivity contribution in [3.63, 3.8) is 0 Å². The molecule has 2 atom stereocenters. The third kappa shape index (κ3) is 10.7. The molecule has 0 saturated carbocycles. The molecular formula is C54H64N4O3Si. The monoisotopic (exact) mass is 844 g/mol. The molecule has 0 spiro atoms. The number of amides is 2. The molecule has 322 valence electrons. The van der Waals surface area contributed by atoms with E-state index in [1.165, 1.54) is 15.9 Å². The Labute approximate surface area is 370 Å². The second kappa shape index (κ2) is 21.0. The Bertz CT molecular complexity index is 2220. The van der Waals surface area contributed by atoms with Crippen LogP contribution < -0.4 is 32.1 Å². The molecule has 0 aliphatic heterocycles. The first-order valence-electron chi connectivity index (χ1n) is 22.0. The fourth-order valence-electron chi connectivity index (χ4n) is 8.44. The van der Waals surface area contributed by atoms with Gasteiger partial charge in [0, 0.05) is 5.69 Å². The van der Waals surface area contributed by atoms with Gasteiger partial charge in [0.25, 0.3) is 8.32 Å². The predicted molar refractivity (Wildman–Crippen MR) is 258 cm³/mol. The number of anilines is 1. The van der Waals surface area contributed by atoms with Gasteiger partial charge in [-0.05, 0) is 88.4 Å². The molecule has 0 fully saturated rings. The second-order valence-electron chi connectivity index (χ2n) is 17.7. The van der Waals surface area contributed by atoms with Crippen LogP contribution in [0.1, 0.15) is 81.7 Å². The minimum Gasteiger partial charge on any atom is -0.403 e. The van der Waals surface area contributed by atoms with Crippen molar-refractivity contribution in [1.29, 1.82) is 0 Å². The number of hydrogen-bond donors (Lipinski definition) is 4. The van der Waals surface area contributed by atoms with Crippen LogP contribution in [0, 0.1) is 12.8 Å². The number of aryl methyl sites for hydroxylation is 1. The summed E-state index contributed by atoms with van der Waals surface area (Å²) in [7, 11) is -2.73. The average molecular weight is 845 g/mol. The van der Waals surface area contributed by atoms with Crippen LogP contribution in [0.25, 0.3) is 0 Å². The van der Waals surface area contributed by atoms with E-state index < -0.39 is 25.9 Å². The Kier molecular flexibility index (Phi) is 15.5. The molecule has 0 bridgehead atoms. The van der Waals surface area contributed by atoms with Crippen molar-refractivity contribution in [2.45, 2.75) is 90.1 Å². The normalized spacial score (nSPS) is 13.0. The molecule has 8 heteroatoms. The predicted octanol–water partition coefficient (Wildman–Crippen LogP) is 9.23. The van der Waals surface area contributed by atoms with Crippen LogP contribution >= 0.6 is 0 Å². The van der Waals surface area contributed by atoms with Crippen LogP contribution in [0.5, 0.6) is 0 Å². The molecule has 2 amide bonds. The van der Waals surface area contributed by atoms with Crippen LogP contribution in [0.3, 0.4) is 0 Å². The van der Waals surface area contributed by atoms with E-state index in [1.54, 1.807) is 0 Å². The van der Waals surface area contributed by atoms with Gasteiger partial charge in [0.15, 0.2) is 0 Å². The van der Waals surface area contributed by atoms with E-state index in [0.717, 1.165) is 28.7 Å². The molecule has 0 aliphatic rings. The van der Waals surface area contributed by atoms with Crippen LogP contribution in [0.15, 0.2) is 170 Å². The third-order valence-electron chi connectivity index (χ3n) is 12.0. The van der Waals surface area contributed by atoms with Crippen molar-refractivity contribution in [2.75, 3.05) is 11.9 Å². The molecule has 6 aromatic carbocycles. The third-order valence-corrected chi connectivity index (χ3v) is 16.9. The van der Waals surface area contributed by atoms with E-state index in [9.17, 15) is 9.59 Å². The van der Waals surface area contributed by atoms with Gasteiger partial charge >= 0.3 is 0 Å². The summed E-state index contributed by atoms with van der Waals surface area (Å²) in [6, 6.07) is 57.3. The molecule has 62 heavy (non-hydrogen) atoms. The van der Waals surface area contributed by atoms with Gasteiger partial charge in [0.1, 0.15) is 6.04 Å². The zero-order valence-electron chi connectivity index (χ0n) is 37.2. The summed E-state index contributed by atoms with van der Waals surface area (Å²) >= 11 is 0. The fourth-order valence-corrected chi connectivity index (χ4v) is 13.0. The molecule has 0 aromatic heterocycles. The Balaban J connectivity index is 1.16. The summed E-state index contributed by atoms with van der Waals surface area (Å²) in [5, 5.41) is 12.3. The largest absolute Gasteiger partial charge is 0.403 e. The summed E-state index contributed by atoms with van der Waals surface area (Å²) < 4.78 is 7.15. The van der Waals surface area contributed by atoms with Crippen molar-refractivity contribution in [2.24, 2.45) is 11.7 Å². The SMILES string of the molecule is Cc1ccc(C(NCCCC[C@H](NC(=O)[C@@H](N)C(C)C)C(=O)Nc2ccc(CO[Si](c3ccccc3)(c3ccccc3)C(C)(C)C)cc2)(c2ccccc2)c2ccccc2)cc1. The van der Waals surface area contributed by atoms with E-state index in [4.69, 9.17) is 10.2 Å². The van der Waals surface area contributed by atoms with Gasteiger partial charge < -0.3 is 20.8 Å². The molecule has 6 rings (SSSR count). The van der Waals surface area contributed by atoms with E-state index in [2.05, 4.69) is 165 Å².